The van der Waals surface area contributed by atoms with Crippen molar-refractivity contribution in [1.29, 1.82) is 0 Å². The van der Waals surface area contributed by atoms with E-state index in [1.54, 1.807) is 0 Å². The molecule has 1 aromatic carbocycles. The molecule has 4 heteroatoms. The van der Waals surface area contributed by atoms with E-state index in [1.807, 2.05) is 37.3 Å². The maximum atomic E-state index is 11.7. The summed E-state index contributed by atoms with van der Waals surface area (Å²) in [6, 6.07) is 9.84. The van der Waals surface area contributed by atoms with Gasteiger partial charge in [-0.15, -0.1) is 0 Å². The second-order valence-corrected chi connectivity index (χ2v) is 5.75. The van der Waals surface area contributed by atoms with Gasteiger partial charge in [-0.05, 0) is 25.3 Å². The number of carbonyl (C=O) groups is 2. The minimum Gasteiger partial charge on any atom is -0.465 e. The number of hydrogen-bond donors (Lipinski definition) is 0. The van der Waals surface area contributed by atoms with Crippen molar-refractivity contribution < 1.29 is 19.1 Å². The van der Waals surface area contributed by atoms with Gasteiger partial charge in [0.1, 0.15) is 0 Å². The highest BCUT2D eigenvalue weighted by atomic mass is 16.5. The summed E-state index contributed by atoms with van der Waals surface area (Å²) in [5, 5.41) is 0. The van der Waals surface area contributed by atoms with Crippen LogP contribution in [0, 0.1) is 0 Å². The first kappa shape index (κ1) is 19.2. The lowest BCUT2D eigenvalue weighted by Crippen LogP contribution is -2.16. The van der Waals surface area contributed by atoms with Gasteiger partial charge in [-0.1, -0.05) is 50.1 Å². The zero-order valence-electron chi connectivity index (χ0n) is 14.3. The highest BCUT2D eigenvalue weighted by molar-refractivity contribution is 5.77. The third kappa shape index (κ3) is 9.72. The second-order valence-electron chi connectivity index (χ2n) is 5.75. The molecule has 0 amide bonds. The molecule has 0 fully saturated rings. The molecule has 0 saturated carbocycles. The number of benzene rings is 1. The number of esters is 2. The molecule has 0 radical (unpaired) electrons. The monoisotopic (exact) mass is 320 g/mol. The summed E-state index contributed by atoms with van der Waals surface area (Å²) in [4.78, 5) is 23.3. The van der Waals surface area contributed by atoms with Crippen LogP contribution in [-0.2, 0) is 25.5 Å². The van der Waals surface area contributed by atoms with Crippen molar-refractivity contribution in [2.75, 3.05) is 6.61 Å². The summed E-state index contributed by atoms with van der Waals surface area (Å²) in [5.74, 6) is -0.675. The lowest BCUT2D eigenvalue weighted by Gasteiger charge is -2.12. The summed E-state index contributed by atoms with van der Waals surface area (Å²) >= 11 is 0. The maximum absolute atomic E-state index is 11.7. The Labute approximate surface area is 139 Å². The highest BCUT2D eigenvalue weighted by Crippen LogP contribution is 2.08. The van der Waals surface area contributed by atoms with Crippen LogP contribution >= 0.6 is 0 Å². The van der Waals surface area contributed by atoms with E-state index in [9.17, 15) is 9.59 Å². The lowest BCUT2D eigenvalue weighted by atomic mass is 10.1. The van der Waals surface area contributed by atoms with Gasteiger partial charge in [0.2, 0.25) is 0 Å². The summed E-state index contributed by atoms with van der Waals surface area (Å²) < 4.78 is 10.4. The summed E-state index contributed by atoms with van der Waals surface area (Å²) in [6.45, 7) is 4.37. The van der Waals surface area contributed by atoms with E-state index in [0.29, 0.717) is 13.0 Å². The first-order chi connectivity index (χ1) is 11.1. The van der Waals surface area contributed by atoms with Crippen molar-refractivity contribution in [3.8, 4) is 0 Å². The fraction of sp³-hybridized carbons (Fsp3) is 0.579. The largest absolute Gasteiger partial charge is 0.465 e. The van der Waals surface area contributed by atoms with E-state index in [2.05, 4.69) is 6.92 Å². The number of carbonyl (C=O) groups excluding carboxylic acids is 2. The van der Waals surface area contributed by atoms with Gasteiger partial charge in [-0.3, -0.25) is 9.59 Å². The van der Waals surface area contributed by atoms with Crippen LogP contribution in [0.4, 0.5) is 0 Å². The van der Waals surface area contributed by atoms with E-state index < -0.39 is 0 Å². The number of ether oxygens (including phenoxy) is 2. The molecule has 128 valence electrons. The molecule has 0 spiro atoms. The first-order valence-corrected chi connectivity index (χ1v) is 8.50. The molecule has 23 heavy (non-hydrogen) atoms. The van der Waals surface area contributed by atoms with E-state index >= 15 is 0 Å². The average Bonchev–Trinajstić information content (AvgIpc) is 2.54. The van der Waals surface area contributed by atoms with E-state index in [4.69, 9.17) is 9.47 Å². The fourth-order valence-corrected chi connectivity index (χ4v) is 2.23. The topological polar surface area (TPSA) is 52.6 Å². The van der Waals surface area contributed by atoms with Gasteiger partial charge < -0.3 is 9.47 Å². The van der Waals surface area contributed by atoms with Crippen molar-refractivity contribution in [1.82, 2.24) is 0 Å². The molecule has 0 bridgehead atoms. The predicted molar refractivity (Wildman–Crippen MR) is 90.0 cm³/mol. The zero-order valence-corrected chi connectivity index (χ0v) is 14.3. The molecule has 0 saturated heterocycles. The van der Waals surface area contributed by atoms with Gasteiger partial charge in [0.15, 0.2) is 0 Å². The van der Waals surface area contributed by atoms with Crippen LogP contribution < -0.4 is 0 Å². The molecule has 1 atom stereocenters. The third-order valence-corrected chi connectivity index (χ3v) is 3.58. The standard InChI is InChI=1S/C19H28O4/c1-3-4-6-9-16(2)23-19(21)13-12-18(20)22-15-14-17-10-7-5-8-11-17/h5,7-8,10-11,16H,3-4,6,9,12-15H2,1-2H3. The van der Waals surface area contributed by atoms with Crippen LogP contribution in [0.1, 0.15) is 57.9 Å². The molecular weight excluding hydrogens is 292 g/mol. The Morgan fingerprint density at radius 3 is 2.43 bits per heavy atom. The van der Waals surface area contributed by atoms with Gasteiger partial charge in [-0.2, -0.15) is 0 Å². The summed E-state index contributed by atoms with van der Waals surface area (Å²) in [6.07, 6.45) is 5.00. The van der Waals surface area contributed by atoms with Crippen molar-refractivity contribution in [3.63, 3.8) is 0 Å². The Kier molecular flexibility index (Phi) is 9.76. The Balaban J connectivity index is 2.09. The van der Waals surface area contributed by atoms with Gasteiger partial charge in [0.05, 0.1) is 25.6 Å². The van der Waals surface area contributed by atoms with Crippen molar-refractivity contribution in [3.05, 3.63) is 35.9 Å². The molecule has 0 aliphatic rings. The number of hydrogen-bond acceptors (Lipinski definition) is 4. The zero-order chi connectivity index (χ0) is 16.9. The average molecular weight is 320 g/mol. The molecule has 1 rings (SSSR count). The smallest absolute Gasteiger partial charge is 0.306 e. The highest BCUT2D eigenvalue weighted by Gasteiger charge is 2.12. The first-order valence-electron chi connectivity index (χ1n) is 8.50. The molecule has 0 aliphatic carbocycles. The molecule has 4 nitrogen and oxygen atoms in total. The molecule has 0 aromatic heterocycles. The third-order valence-electron chi connectivity index (χ3n) is 3.58. The van der Waals surface area contributed by atoms with E-state index in [-0.39, 0.29) is 30.9 Å². The fourth-order valence-electron chi connectivity index (χ4n) is 2.23. The summed E-state index contributed by atoms with van der Waals surface area (Å²) in [7, 11) is 0. The van der Waals surface area contributed by atoms with Gasteiger partial charge in [-0.25, -0.2) is 0 Å². The van der Waals surface area contributed by atoms with Crippen LogP contribution in [0.2, 0.25) is 0 Å². The predicted octanol–water partition coefficient (Wildman–Crippen LogP) is 4.06. The SMILES string of the molecule is CCCCCC(C)OC(=O)CCC(=O)OCCc1ccccc1. The van der Waals surface area contributed by atoms with Crippen LogP contribution in [0.3, 0.4) is 0 Å². The van der Waals surface area contributed by atoms with Gasteiger partial charge in [0, 0.05) is 6.42 Å². The molecule has 0 aliphatic heterocycles. The summed E-state index contributed by atoms with van der Waals surface area (Å²) in [5.41, 5.74) is 1.13. The Morgan fingerprint density at radius 1 is 1.04 bits per heavy atom. The second kappa shape index (κ2) is 11.7. The van der Waals surface area contributed by atoms with Crippen molar-refractivity contribution >= 4 is 11.9 Å². The van der Waals surface area contributed by atoms with Crippen molar-refractivity contribution in [2.45, 2.75) is 64.9 Å². The van der Waals surface area contributed by atoms with Gasteiger partial charge in [0.25, 0.3) is 0 Å². The lowest BCUT2D eigenvalue weighted by molar-refractivity contribution is -0.153. The quantitative estimate of drug-likeness (QED) is 0.456. The molecular formula is C19H28O4. The Morgan fingerprint density at radius 2 is 1.74 bits per heavy atom. The van der Waals surface area contributed by atoms with E-state index in [1.165, 1.54) is 0 Å². The van der Waals surface area contributed by atoms with E-state index in [0.717, 1.165) is 31.2 Å². The minimum absolute atomic E-state index is 0.0787. The van der Waals surface area contributed by atoms with Crippen LogP contribution in [-0.4, -0.2) is 24.6 Å². The van der Waals surface area contributed by atoms with Crippen molar-refractivity contribution in [2.24, 2.45) is 0 Å². The maximum Gasteiger partial charge on any atom is 0.306 e. The molecule has 0 N–H and O–H groups in total. The minimum atomic E-state index is -0.350. The van der Waals surface area contributed by atoms with Crippen LogP contribution in [0.5, 0.6) is 0 Å². The molecule has 1 unspecified atom stereocenters. The number of unbranched alkanes of at least 4 members (excludes halogenated alkanes) is 2. The molecule has 1 aromatic rings. The normalized spacial score (nSPS) is 11.7. The number of rotatable bonds is 11. The Bertz CT molecular complexity index is 456. The Hall–Kier alpha value is -1.84. The molecule has 0 heterocycles. The van der Waals surface area contributed by atoms with Crippen LogP contribution in [0.25, 0.3) is 0 Å². The van der Waals surface area contributed by atoms with Gasteiger partial charge >= 0.3 is 11.9 Å². The van der Waals surface area contributed by atoms with Crippen LogP contribution in [0.15, 0.2) is 30.3 Å².